The van der Waals surface area contributed by atoms with E-state index in [-0.39, 0.29) is 29.5 Å². The molecule has 2 rings (SSSR count). The van der Waals surface area contributed by atoms with E-state index in [9.17, 15) is 5.26 Å². The van der Waals surface area contributed by atoms with Crippen LogP contribution in [0.5, 0.6) is 0 Å². The second kappa shape index (κ2) is 8.69. The van der Waals surface area contributed by atoms with Gasteiger partial charge in [-0.05, 0) is 43.5 Å². The first-order valence-corrected chi connectivity index (χ1v) is 7.55. The highest BCUT2D eigenvalue weighted by Gasteiger charge is 2.09. The summed E-state index contributed by atoms with van der Waals surface area (Å²) in [5, 5.41) is 12.3. The molecule has 126 valence electrons. The summed E-state index contributed by atoms with van der Waals surface area (Å²) in [7, 11) is 0. The van der Waals surface area contributed by atoms with Crippen molar-refractivity contribution in [1.82, 2.24) is 5.32 Å². The number of nitrogens with two attached hydrogens (primary N) is 1. The summed E-state index contributed by atoms with van der Waals surface area (Å²) in [6.07, 6.45) is 0. The Bertz CT molecular complexity index is 737. The summed E-state index contributed by atoms with van der Waals surface area (Å²) in [5.41, 5.74) is 9.49. The normalized spacial score (nSPS) is 11.3. The molecular weight excluding hydrogens is 411 g/mol. The quantitative estimate of drug-likeness (QED) is 0.435. The molecule has 2 aromatic rings. The van der Waals surface area contributed by atoms with Gasteiger partial charge in [-0.2, -0.15) is 5.26 Å². The van der Waals surface area contributed by atoms with Crippen molar-refractivity contribution in [3.8, 4) is 17.2 Å². The Morgan fingerprint density at radius 2 is 1.75 bits per heavy atom. The zero-order chi connectivity index (χ0) is 16.9. The van der Waals surface area contributed by atoms with Gasteiger partial charge in [0.15, 0.2) is 5.96 Å². The van der Waals surface area contributed by atoms with Crippen molar-refractivity contribution in [2.75, 3.05) is 0 Å². The minimum Gasteiger partial charge on any atom is -0.370 e. The molecule has 0 aliphatic carbocycles. The van der Waals surface area contributed by atoms with Crippen LogP contribution in [0.2, 0.25) is 0 Å². The fourth-order valence-electron chi connectivity index (χ4n) is 2.22. The van der Waals surface area contributed by atoms with E-state index in [1.807, 2.05) is 69.3 Å². The summed E-state index contributed by atoms with van der Waals surface area (Å²) >= 11 is 0. The molecule has 0 atom stereocenters. The Morgan fingerprint density at radius 3 is 2.33 bits per heavy atom. The van der Waals surface area contributed by atoms with Gasteiger partial charge in [-0.3, -0.25) is 0 Å². The number of guanidine groups is 1. The van der Waals surface area contributed by atoms with Crippen molar-refractivity contribution in [2.24, 2.45) is 10.7 Å². The molecule has 0 saturated heterocycles. The number of nitrogens with one attached hydrogen (secondary N) is 1. The molecule has 0 amide bonds. The topological polar surface area (TPSA) is 74.2 Å². The summed E-state index contributed by atoms with van der Waals surface area (Å²) in [4.78, 5) is 4.35. The molecule has 0 aliphatic heterocycles. The monoisotopic (exact) mass is 434 g/mol. The molecule has 0 radical (unpaired) electrons. The van der Waals surface area contributed by atoms with Gasteiger partial charge < -0.3 is 11.1 Å². The predicted octanol–water partition coefficient (Wildman–Crippen LogP) is 4.05. The number of hydrogen-bond donors (Lipinski definition) is 2. The highest BCUT2D eigenvalue weighted by molar-refractivity contribution is 14.0. The average Bonchev–Trinajstić information content (AvgIpc) is 2.52. The number of benzene rings is 2. The molecular formula is C19H23IN4. The van der Waals surface area contributed by atoms with Crippen molar-refractivity contribution in [3.05, 3.63) is 59.7 Å². The van der Waals surface area contributed by atoms with Crippen molar-refractivity contribution in [3.63, 3.8) is 0 Å². The number of halogens is 1. The Balaban J connectivity index is 0.00000288. The lowest BCUT2D eigenvalue weighted by Gasteiger charge is -2.21. The van der Waals surface area contributed by atoms with Crippen LogP contribution in [0.15, 0.2) is 53.5 Å². The van der Waals surface area contributed by atoms with Gasteiger partial charge >= 0.3 is 0 Å². The first-order valence-electron chi connectivity index (χ1n) is 7.55. The number of nitriles is 1. The number of nitrogens with zero attached hydrogens (tertiary/aromatic N) is 2. The lowest BCUT2D eigenvalue weighted by molar-refractivity contribution is 0.508. The number of hydrogen-bond acceptors (Lipinski definition) is 2. The van der Waals surface area contributed by atoms with E-state index in [4.69, 9.17) is 5.73 Å². The van der Waals surface area contributed by atoms with Crippen LogP contribution in [-0.4, -0.2) is 11.5 Å². The highest BCUT2D eigenvalue weighted by atomic mass is 127. The van der Waals surface area contributed by atoms with Gasteiger partial charge in [0.2, 0.25) is 0 Å². The smallest absolute Gasteiger partial charge is 0.189 e. The Hall–Kier alpha value is -2.07. The van der Waals surface area contributed by atoms with Crippen molar-refractivity contribution in [1.29, 1.82) is 5.26 Å². The molecule has 0 unspecified atom stereocenters. The number of rotatable bonds is 3. The minimum absolute atomic E-state index is 0. The lowest BCUT2D eigenvalue weighted by atomic mass is 9.99. The summed E-state index contributed by atoms with van der Waals surface area (Å²) < 4.78 is 0. The molecule has 2 aromatic carbocycles. The van der Waals surface area contributed by atoms with Gasteiger partial charge in [0, 0.05) is 5.54 Å². The second-order valence-corrected chi connectivity index (χ2v) is 6.43. The average molecular weight is 434 g/mol. The second-order valence-electron chi connectivity index (χ2n) is 6.43. The molecule has 0 saturated carbocycles. The maximum absolute atomic E-state index is 9.18. The van der Waals surface area contributed by atoms with Gasteiger partial charge in [-0.25, -0.2) is 4.99 Å². The molecule has 0 aromatic heterocycles. The third kappa shape index (κ3) is 5.85. The third-order valence-electron chi connectivity index (χ3n) is 3.25. The van der Waals surface area contributed by atoms with Crippen molar-refractivity contribution in [2.45, 2.75) is 32.9 Å². The van der Waals surface area contributed by atoms with Crippen LogP contribution < -0.4 is 11.1 Å². The van der Waals surface area contributed by atoms with Crippen molar-refractivity contribution >= 4 is 29.9 Å². The Labute approximate surface area is 160 Å². The molecule has 5 heteroatoms. The van der Waals surface area contributed by atoms with Crippen LogP contribution in [0.3, 0.4) is 0 Å². The minimum atomic E-state index is -0.0988. The predicted molar refractivity (Wildman–Crippen MR) is 110 cm³/mol. The summed E-state index contributed by atoms with van der Waals surface area (Å²) in [5.74, 6) is 0.441. The SMILES string of the molecule is CC(C)(C)NC(N)=NCc1ccc(-c2ccccc2C#N)cc1.I. The lowest BCUT2D eigenvalue weighted by Crippen LogP contribution is -2.44. The van der Waals surface area contributed by atoms with Crippen LogP contribution in [-0.2, 0) is 6.54 Å². The van der Waals surface area contributed by atoms with E-state index >= 15 is 0 Å². The standard InChI is InChI=1S/C19H22N4.HI/c1-19(2,3)23-18(21)22-13-14-8-10-15(11-9-14)17-7-5-4-6-16(17)12-20;/h4-11H,13H2,1-3H3,(H3,21,22,23);1H. The molecule has 0 fully saturated rings. The Kier molecular flexibility index (Phi) is 7.23. The zero-order valence-electron chi connectivity index (χ0n) is 14.2. The molecule has 0 bridgehead atoms. The van der Waals surface area contributed by atoms with Gasteiger partial charge in [-0.1, -0.05) is 42.5 Å². The molecule has 0 heterocycles. The van der Waals surface area contributed by atoms with E-state index in [2.05, 4.69) is 16.4 Å². The van der Waals surface area contributed by atoms with Crippen molar-refractivity contribution < 1.29 is 0 Å². The van der Waals surface area contributed by atoms with E-state index in [1.165, 1.54) is 0 Å². The highest BCUT2D eigenvalue weighted by Crippen LogP contribution is 2.23. The van der Waals surface area contributed by atoms with Gasteiger partial charge in [0.05, 0.1) is 18.2 Å². The molecule has 4 nitrogen and oxygen atoms in total. The largest absolute Gasteiger partial charge is 0.370 e. The van der Waals surface area contributed by atoms with E-state index < -0.39 is 0 Å². The fraction of sp³-hybridized carbons (Fsp3) is 0.263. The molecule has 0 spiro atoms. The zero-order valence-corrected chi connectivity index (χ0v) is 16.5. The van der Waals surface area contributed by atoms with Crippen LogP contribution in [0, 0.1) is 11.3 Å². The first-order chi connectivity index (χ1) is 10.9. The number of aliphatic imine (C=N–C) groups is 1. The van der Waals surface area contributed by atoms with E-state index in [0.29, 0.717) is 18.1 Å². The Morgan fingerprint density at radius 1 is 1.12 bits per heavy atom. The maximum Gasteiger partial charge on any atom is 0.189 e. The molecule has 24 heavy (non-hydrogen) atoms. The van der Waals surface area contributed by atoms with Crippen LogP contribution in [0.4, 0.5) is 0 Å². The van der Waals surface area contributed by atoms with Crippen LogP contribution >= 0.6 is 24.0 Å². The summed E-state index contributed by atoms with van der Waals surface area (Å²) in [6, 6.07) is 17.9. The van der Waals surface area contributed by atoms with E-state index in [1.54, 1.807) is 0 Å². The van der Waals surface area contributed by atoms with Crippen LogP contribution in [0.25, 0.3) is 11.1 Å². The maximum atomic E-state index is 9.18. The fourth-order valence-corrected chi connectivity index (χ4v) is 2.22. The van der Waals surface area contributed by atoms with Gasteiger partial charge in [0.1, 0.15) is 0 Å². The third-order valence-corrected chi connectivity index (χ3v) is 3.25. The van der Waals surface area contributed by atoms with Crippen LogP contribution in [0.1, 0.15) is 31.9 Å². The van der Waals surface area contributed by atoms with E-state index in [0.717, 1.165) is 16.7 Å². The van der Waals surface area contributed by atoms with Gasteiger partial charge in [-0.15, -0.1) is 24.0 Å². The first kappa shape index (κ1) is 20.0. The molecule has 3 N–H and O–H groups in total. The molecule has 0 aliphatic rings. The summed E-state index contributed by atoms with van der Waals surface area (Å²) in [6.45, 7) is 6.64. The van der Waals surface area contributed by atoms with Gasteiger partial charge in [0.25, 0.3) is 0 Å².